The van der Waals surface area contributed by atoms with E-state index in [1.807, 2.05) is 43.4 Å². The normalized spacial score (nSPS) is 12.3. The fourth-order valence-electron chi connectivity index (χ4n) is 2.77. The summed E-state index contributed by atoms with van der Waals surface area (Å²) in [5.74, 6) is -0.113. The van der Waals surface area contributed by atoms with Crippen molar-refractivity contribution in [1.29, 1.82) is 0 Å². The third kappa shape index (κ3) is 3.80. The van der Waals surface area contributed by atoms with Crippen molar-refractivity contribution < 1.29 is 4.79 Å². The predicted molar refractivity (Wildman–Crippen MR) is 104 cm³/mol. The number of carbonyl (C=O) groups is 1. The van der Waals surface area contributed by atoms with Crippen LogP contribution in [0.25, 0.3) is 11.3 Å². The van der Waals surface area contributed by atoms with E-state index < -0.39 is 0 Å². The molecule has 3 rings (SSSR count). The van der Waals surface area contributed by atoms with Crippen LogP contribution in [-0.4, -0.2) is 22.1 Å². The monoisotopic (exact) mass is 393 g/mol. The molecule has 130 valence electrons. The minimum absolute atomic E-state index is 0.00990. The van der Waals surface area contributed by atoms with E-state index >= 15 is 0 Å². The number of Topliss-reactive ketones (excluding diaryl/α,β-unsaturated/α-hetero) is 1. The lowest BCUT2D eigenvalue weighted by Gasteiger charge is -2.15. The van der Waals surface area contributed by atoms with Gasteiger partial charge in [0.05, 0.1) is 10.6 Å². The van der Waals surface area contributed by atoms with E-state index in [1.165, 1.54) is 11.3 Å². The topological polar surface area (TPSA) is 60.9 Å². The van der Waals surface area contributed by atoms with E-state index in [4.69, 9.17) is 28.9 Å². The molecule has 2 N–H and O–H groups in total. The lowest BCUT2D eigenvalue weighted by Crippen LogP contribution is -2.16. The molecular weight excluding hydrogens is 377 g/mol. The molecule has 2 aromatic heterocycles. The molecule has 0 saturated carbocycles. The molecule has 0 unspecified atom stereocenters. The molecule has 0 aliphatic heterocycles. The van der Waals surface area contributed by atoms with E-state index in [-0.39, 0.29) is 11.7 Å². The second kappa shape index (κ2) is 7.70. The van der Waals surface area contributed by atoms with Crippen LogP contribution in [0.4, 0.5) is 0 Å². The molecule has 3 aromatic rings. The Kier molecular flexibility index (Phi) is 5.59. The van der Waals surface area contributed by atoms with Gasteiger partial charge in [-0.05, 0) is 30.3 Å². The number of benzene rings is 1. The number of aromatic nitrogens is 2. The summed E-state index contributed by atoms with van der Waals surface area (Å²) in [6.45, 7) is 0.350. The van der Waals surface area contributed by atoms with E-state index in [1.54, 1.807) is 10.9 Å². The first-order chi connectivity index (χ1) is 12.0. The molecule has 7 heteroatoms. The van der Waals surface area contributed by atoms with Crippen LogP contribution in [0.1, 0.15) is 27.6 Å². The summed E-state index contributed by atoms with van der Waals surface area (Å²) in [7, 11) is 1.84. The van der Waals surface area contributed by atoms with E-state index in [0.717, 1.165) is 16.8 Å². The van der Waals surface area contributed by atoms with E-state index in [2.05, 4.69) is 5.10 Å². The predicted octanol–water partition coefficient (Wildman–Crippen LogP) is 4.77. The summed E-state index contributed by atoms with van der Waals surface area (Å²) in [5, 5.41) is 4.78. The van der Waals surface area contributed by atoms with Gasteiger partial charge < -0.3 is 5.73 Å². The first-order valence-corrected chi connectivity index (χ1v) is 9.34. The number of aryl methyl sites for hydroxylation is 1. The van der Waals surface area contributed by atoms with Gasteiger partial charge in [-0.2, -0.15) is 5.10 Å². The minimum Gasteiger partial charge on any atom is -0.330 e. The van der Waals surface area contributed by atoms with Crippen molar-refractivity contribution in [1.82, 2.24) is 9.78 Å². The van der Waals surface area contributed by atoms with Crippen molar-refractivity contribution in [3.63, 3.8) is 0 Å². The van der Waals surface area contributed by atoms with Crippen molar-refractivity contribution in [2.75, 3.05) is 6.54 Å². The maximum absolute atomic E-state index is 12.7. The smallest absolute Gasteiger partial charge is 0.173 e. The lowest BCUT2D eigenvalue weighted by molar-refractivity contribution is 0.0978. The van der Waals surface area contributed by atoms with Gasteiger partial charge in [-0.3, -0.25) is 9.48 Å². The summed E-state index contributed by atoms with van der Waals surface area (Å²) < 4.78 is 2.31. The molecule has 0 bridgehead atoms. The SMILES string of the molecule is Cn1nccc1-c1cc(C(=O)C[C@H](CN)c2ccccc2Cl)sc1Cl. The summed E-state index contributed by atoms with van der Waals surface area (Å²) in [5.41, 5.74) is 8.48. The molecule has 0 spiro atoms. The quantitative estimate of drug-likeness (QED) is 0.613. The largest absolute Gasteiger partial charge is 0.330 e. The zero-order valence-electron chi connectivity index (χ0n) is 13.6. The molecule has 0 fully saturated rings. The second-order valence-corrected chi connectivity index (χ2v) is 7.78. The molecule has 1 aromatic carbocycles. The van der Waals surface area contributed by atoms with Gasteiger partial charge in [0.15, 0.2) is 5.78 Å². The Balaban J connectivity index is 1.84. The lowest BCUT2D eigenvalue weighted by atomic mass is 9.93. The van der Waals surface area contributed by atoms with Gasteiger partial charge in [0.2, 0.25) is 0 Å². The van der Waals surface area contributed by atoms with Crippen LogP contribution in [0, 0.1) is 0 Å². The average molecular weight is 394 g/mol. The summed E-state index contributed by atoms with van der Waals surface area (Å²) >= 11 is 13.9. The van der Waals surface area contributed by atoms with Gasteiger partial charge >= 0.3 is 0 Å². The summed E-state index contributed by atoms with van der Waals surface area (Å²) in [6.07, 6.45) is 1.99. The average Bonchev–Trinajstić information content (AvgIpc) is 3.18. The van der Waals surface area contributed by atoms with Crippen LogP contribution < -0.4 is 5.73 Å². The van der Waals surface area contributed by atoms with Crippen LogP contribution in [0.2, 0.25) is 9.36 Å². The van der Waals surface area contributed by atoms with Crippen LogP contribution in [0.3, 0.4) is 0 Å². The number of nitrogens with two attached hydrogens (primary N) is 1. The maximum Gasteiger partial charge on any atom is 0.173 e. The van der Waals surface area contributed by atoms with Crippen molar-refractivity contribution in [3.8, 4) is 11.3 Å². The van der Waals surface area contributed by atoms with Gasteiger partial charge in [0, 0.05) is 36.2 Å². The van der Waals surface area contributed by atoms with Crippen molar-refractivity contribution in [2.45, 2.75) is 12.3 Å². The molecule has 0 aliphatic carbocycles. The summed E-state index contributed by atoms with van der Waals surface area (Å²) in [6, 6.07) is 11.2. The number of nitrogens with zero attached hydrogens (tertiary/aromatic N) is 2. The Morgan fingerprint density at radius 3 is 2.72 bits per heavy atom. The van der Waals surface area contributed by atoms with Gasteiger partial charge in [-0.1, -0.05) is 41.4 Å². The number of ketones is 1. The molecule has 2 heterocycles. The zero-order chi connectivity index (χ0) is 18.0. The number of halogens is 2. The Labute approximate surface area is 160 Å². The van der Waals surface area contributed by atoms with E-state index in [9.17, 15) is 4.79 Å². The van der Waals surface area contributed by atoms with E-state index in [0.29, 0.717) is 27.2 Å². The number of hydrogen-bond donors (Lipinski definition) is 1. The summed E-state index contributed by atoms with van der Waals surface area (Å²) in [4.78, 5) is 13.4. The maximum atomic E-state index is 12.7. The highest BCUT2D eigenvalue weighted by Crippen LogP contribution is 2.37. The fourth-order valence-corrected chi connectivity index (χ4v) is 4.30. The zero-order valence-corrected chi connectivity index (χ0v) is 15.9. The van der Waals surface area contributed by atoms with Crippen molar-refractivity contribution >= 4 is 40.3 Å². The fraction of sp³-hybridized carbons (Fsp3) is 0.222. The molecular formula is C18H17Cl2N3OS. The highest BCUT2D eigenvalue weighted by atomic mass is 35.5. The van der Waals surface area contributed by atoms with Gasteiger partial charge in [-0.25, -0.2) is 0 Å². The first kappa shape index (κ1) is 18.1. The molecule has 0 radical (unpaired) electrons. The Morgan fingerprint density at radius 1 is 1.32 bits per heavy atom. The van der Waals surface area contributed by atoms with Gasteiger partial charge in [0.1, 0.15) is 4.34 Å². The minimum atomic E-state index is -0.123. The molecule has 0 amide bonds. The molecule has 25 heavy (non-hydrogen) atoms. The molecule has 4 nitrogen and oxygen atoms in total. The Morgan fingerprint density at radius 2 is 2.08 bits per heavy atom. The van der Waals surface area contributed by atoms with Crippen LogP contribution in [-0.2, 0) is 7.05 Å². The van der Waals surface area contributed by atoms with Crippen molar-refractivity contribution in [2.24, 2.45) is 12.8 Å². The third-order valence-corrected chi connectivity index (χ3v) is 5.86. The van der Waals surface area contributed by atoms with Crippen LogP contribution in [0.15, 0.2) is 42.6 Å². The Bertz CT molecular complexity index is 903. The van der Waals surface area contributed by atoms with Gasteiger partial charge in [-0.15, -0.1) is 11.3 Å². The second-order valence-electron chi connectivity index (χ2n) is 5.72. The number of rotatable bonds is 6. The standard InChI is InChI=1S/C18H17Cl2N3OS/c1-23-15(6-7-22-23)13-9-17(25-18(13)20)16(24)8-11(10-21)12-4-2-3-5-14(12)19/h2-7,9,11H,8,10,21H2,1H3/t11-/m1/s1. The number of carbonyl (C=O) groups excluding carboxylic acids is 1. The number of hydrogen-bond acceptors (Lipinski definition) is 4. The Hall–Kier alpha value is -1.66. The van der Waals surface area contributed by atoms with Gasteiger partial charge in [0.25, 0.3) is 0 Å². The first-order valence-electron chi connectivity index (χ1n) is 7.76. The van der Waals surface area contributed by atoms with Crippen LogP contribution in [0.5, 0.6) is 0 Å². The highest BCUT2D eigenvalue weighted by Gasteiger charge is 2.21. The highest BCUT2D eigenvalue weighted by molar-refractivity contribution is 7.18. The number of thiophene rings is 1. The molecule has 1 atom stereocenters. The third-order valence-electron chi connectivity index (χ3n) is 4.12. The van der Waals surface area contributed by atoms with Crippen LogP contribution >= 0.6 is 34.5 Å². The van der Waals surface area contributed by atoms with Crippen molar-refractivity contribution in [3.05, 3.63) is 62.4 Å². The molecule has 0 saturated heterocycles. The molecule has 0 aliphatic rings.